The number of para-hydroxylation sites is 2. The van der Waals surface area contributed by atoms with Crippen LogP contribution in [0.15, 0.2) is 279 Å². The van der Waals surface area contributed by atoms with Crippen molar-refractivity contribution in [2.75, 3.05) is 9.80 Å². The summed E-state index contributed by atoms with van der Waals surface area (Å²) in [5.74, 6) is 0. The van der Waals surface area contributed by atoms with Crippen molar-refractivity contribution in [1.82, 2.24) is 0 Å². The zero-order chi connectivity index (χ0) is 45.5. The molecule has 1 aliphatic rings. The van der Waals surface area contributed by atoms with E-state index < -0.39 is 0 Å². The van der Waals surface area contributed by atoms with Gasteiger partial charge in [0, 0.05) is 34.1 Å². The first-order chi connectivity index (χ1) is 33.7. The van der Waals surface area contributed by atoms with Crippen molar-refractivity contribution >= 4 is 39.7 Å². The van der Waals surface area contributed by atoms with Gasteiger partial charge in [-0.15, -0.1) is 0 Å². The number of rotatable bonds is 12. The molecule has 1 aliphatic carbocycles. The Hall–Kier alpha value is -8.72. The van der Waals surface area contributed by atoms with E-state index in [2.05, 4.69) is 289 Å². The topological polar surface area (TPSA) is 6.48 Å². The average molecular weight is 871 g/mol. The molecule has 11 rings (SSSR count). The average Bonchev–Trinajstić information content (AvgIpc) is 3.43. The van der Waals surface area contributed by atoms with Crippen LogP contribution in [0.3, 0.4) is 0 Å². The molecule has 0 heterocycles. The molecule has 0 unspecified atom stereocenters. The zero-order valence-electron chi connectivity index (χ0n) is 37.9. The van der Waals surface area contributed by atoms with Gasteiger partial charge in [0.1, 0.15) is 0 Å². The summed E-state index contributed by atoms with van der Waals surface area (Å²) in [4.78, 5) is 4.64. The van der Waals surface area contributed by atoms with Gasteiger partial charge in [-0.25, -0.2) is 0 Å². The third-order valence-corrected chi connectivity index (χ3v) is 13.0. The summed E-state index contributed by atoms with van der Waals surface area (Å²) in [6.07, 6.45) is 9.08. The maximum atomic E-state index is 2.33. The van der Waals surface area contributed by atoms with Gasteiger partial charge in [0.2, 0.25) is 0 Å². The Morgan fingerprint density at radius 2 is 0.441 bits per heavy atom. The van der Waals surface area contributed by atoms with Gasteiger partial charge in [0.15, 0.2) is 0 Å². The standard InChI is InChI=1S/C66H50N2/c1-5-13-49(14-6-1)51-21-25-53(26-22-51)57-33-41-63(42-34-57)67(61-17-9-3-10-18-61)65-45-37-59(38-46-65)55-29-31-56(32-30-55)60-39-47-66(48-40-60)68(62-19-11-4-12-20-62)64-43-35-58(36-44-64)54-27-23-52(24-28-54)50-15-7-2-8-16-50/h1,3-7,9-48H,2,8H2. The lowest BCUT2D eigenvalue weighted by molar-refractivity contribution is 1.04. The highest BCUT2D eigenvalue weighted by Gasteiger charge is 2.15. The normalized spacial score (nSPS) is 12.0. The molecule has 0 amide bonds. The second kappa shape index (κ2) is 19.4. The molecule has 0 N–H and O–H groups in total. The van der Waals surface area contributed by atoms with Gasteiger partial charge in [0.25, 0.3) is 0 Å². The van der Waals surface area contributed by atoms with Crippen LogP contribution in [0, 0.1) is 0 Å². The lowest BCUT2D eigenvalue weighted by atomic mass is 9.97. The van der Waals surface area contributed by atoms with Crippen LogP contribution in [0.4, 0.5) is 34.1 Å². The molecule has 0 radical (unpaired) electrons. The molecule has 324 valence electrons. The van der Waals surface area contributed by atoms with Crippen molar-refractivity contribution in [3.63, 3.8) is 0 Å². The van der Waals surface area contributed by atoms with Crippen molar-refractivity contribution in [2.45, 2.75) is 12.8 Å². The smallest absolute Gasteiger partial charge is 0.0462 e. The molecule has 0 atom stereocenters. The maximum absolute atomic E-state index is 2.33. The summed E-state index contributed by atoms with van der Waals surface area (Å²) < 4.78 is 0. The molecule has 0 bridgehead atoms. The molecular formula is C66H50N2. The minimum atomic E-state index is 1.10. The predicted octanol–water partition coefficient (Wildman–Crippen LogP) is 18.7. The maximum Gasteiger partial charge on any atom is 0.0462 e. The number of hydrogen-bond donors (Lipinski definition) is 0. The van der Waals surface area contributed by atoms with Crippen LogP contribution in [0.1, 0.15) is 18.4 Å². The van der Waals surface area contributed by atoms with E-state index in [0.717, 1.165) is 47.0 Å². The summed E-state index contributed by atoms with van der Waals surface area (Å²) in [5.41, 5.74) is 21.2. The molecule has 2 heteroatoms. The molecule has 0 saturated carbocycles. The zero-order valence-corrected chi connectivity index (χ0v) is 37.9. The van der Waals surface area contributed by atoms with E-state index in [1.807, 2.05) is 0 Å². The molecule has 0 fully saturated rings. The van der Waals surface area contributed by atoms with E-state index in [1.54, 1.807) is 0 Å². The minimum Gasteiger partial charge on any atom is -0.311 e. The van der Waals surface area contributed by atoms with Gasteiger partial charge in [-0.05, 0) is 152 Å². The number of hydrogen-bond acceptors (Lipinski definition) is 2. The van der Waals surface area contributed by atoms with Crippen LogP contribution in [-0.2, 0) is 0 Å². The fraction of sp³-hybridized carbons (Fsp3) is 0.0303. The van der Waals surface area contributed by atoms with Crippen LogP contribution in [0.5, 0.6) is 0 Å². The fourth-order valence-corrected chi connectivity index (χ4v) is 9.28. The van der Waals surface area contributed by atoms with Gasteiger partial charge in [0.05, 0.1) is 0 Å². The molecule has 68 heavy (non-hydrogen) atoms. The van der Waals surface area contributed by atoms with Crippen LogP contribution >= 0.6 is 0 Å². The van der Waals surface area contributed by atoms with Crippen molar-refractivity contribution in [1.29, 1.82) is 0 Å². The Kier molecular flexibility index (Phi) is 12.0. The Bertz CT molecular complexity index is 3280. The lowest BCUT2D eigenvalue weighted by Crippen LogP contribution is -2.09. The molecule has 0 aromatic heterocycles. The highest BCUT2D eigenvalue weighted by Crippen LogP contribution is 2.39. The van der Waals surface area contributed by atoms with Gasteiger partial charge >= 0.3 is 0 Å². The van der Waals surface area contributed by atoms with E-state index in [-0.39, 0.29) is 0 Å². The van der Waals surface area contributed by atoms with Gasteiger partial charge in [-0.3, -0.25) is 0 Å². The second-order valence-electron chi connectivity index (χ2n) is 17.3. The van der Waals surface area contributed by atoms with Crippen LogP contribution in [0.2, 0.25) is 0 Å². The Morgan fingerprint density at radius 1 is 0.206 bits per heavy atom. The minimum absolute atomic E-state index is 1.10. The van der Waals surface area contributed by atoms with Gasteiger partial charge < -0.3 is 9.80 Å². The van der Waals surface area contributed by atoms with Crippen molar-refractivity contribution in [2.24, 2.45) is 0 Å². The number of nitrogens with zero attached hydrogens (tertiary/aromatic N) is 2. The summed E-state index contributed by atoms with van der Waals surface area (Å²) >= 11 is 0. The molecule has 10 aromatic rings. The molecular weight excluding hydrogens is 821 g/mol. The first kappa shape index (κ1) is 41.9. The molecule has 0 aliphatic heterocycles. The first-order valence-electron chi connectivity index (χ1n) is 23.6. The van der Waals surface area contributed by atoms with Crippen molar-refractivity contribution in [3.8, 4) is 55.6 Å². The number of benzene rings is 10. The van der Waals surface area contributed by atoms with Gasteiger partial charge in [-0.1, -0.05) is 206 Å². The Morgan fingerprint density at radius 3 is 0.721 bits per heavy atom. The van der Waals surface area contributed by atoms with E-state index >= 15 is 0 Å². The highest BCUT2D eigenvalue weighted by atomic mass is 15.1. The SMILES string of the molecule is C1=CC(c2ccc(-c3ccc(N(c4ccccc4)c4ccc(-c5ccc(-c6ccc(N(c7ccccc7)c7ccc(-c8ccc(-c9ccccc9)cc8)cc7)cc6)cc5)cc4)cc3)cc2)=CCC1. The predicted molar refractivity (Wildman–Crippen MR) is 289 cm³/mol. The van der Waals surface area contributed by atoms with E-state index in [9.17, 15) is 0 Å². The molecule has 0 saturated heterocycles. The fourth-order valence-electron chi connectivity index (χ4n) is 9.28. The summed E-state index contributed by atoms with van der Waals surface area (Å²) in [6, 6.07) is 94.1. The number of allylic oxidation sites excluding steroid dienone is 4. The summed E-state index contributed by atoms with van der Waals surface area (Å²) in [7, 11) is 0. The van der Waals surface area contributed by atoms with Crippen LogP contribution in [-0.4, -0.2) is 0 Å². The summed E-state index contributed by atoms with van der Waals surface area (Å²) in [5, 5.41) is 0. The first-order valence-corrected chi connectivity index (χ1v) is 23.6. The van der Waals surface area contributed by atoms with Crippen LogP contribution in [0.25, 0.3) is 61.2 Å². The van der Waals surface area contributed by atoms with Gasteiger partial charge in [-0.2, -0.15) is 0 Å². The molecule has 0 spiro atoms. The third kappa shape index (κ3) is 9.09. The Balaban J connectivity index is 0.796. The monoisotopic (exact) mass is 870 g/mol. The molecule has 10 aromatic carbocycles. The Labute approximate surface area is 400 Å². The largest absolute Gasteiger partial charge is 0.311 e. The van der Waals surface area contributed by atoms with E-state index in [4.69, 9.17) is 0 Å². The summed E-state index contributed by atoms with van der Waals surface area (Å²) in [6.45, 7) is 0. The quantitative estimate of drug-likeness (QED) is 0.121. The third-order valence-electron chi connectivity index (χ3n) is 13.0. The lowest BCUT2D eigenvalue weighted by Gasteiger charge is -2.26. The van der Waals surface area contributed by atoms with Crippen LogP contribution < -0.4 is 9.80 Å². The van der Waals surface area contributed by atoms with E-state index in [1.165, 1.54) is 66.8 Å². The van der Waals surface area contributed by atoms with E-state index in [0.29, 0.717) is 0 Å². The molecule has 2 nitrogen and oxygen atoms in total. The highest BCUT2D eigenvalue weighted by molar-refractivity contribution is 5.83. The second-order valence-corrected chi connectivity index (χ2v) is 17.3. The van der Waals surface area contributed by atoms with Crippen molar-refractivity contribution in [3.05, 3.63) is 285 Å². The number of anilines is 6. The van der Waals surface area contributed by atoms with Crippen molar-refractivity contribution < 1.29 is 0 Å².